The van der Waals surface area contributed by atoms with Crippen LogP contribution in [0.2, 0.25) is 0 Å². The normalized spacial score (nSPS) is 13.7. The molecule has 0 heterocycles. The molecule has 0 aliphatic heterocycles. The molecule has 0 saturated carbocycles. The summed E-state index contributed by atoms with van der Waals surface area (Å²) in [7, 11) is -3.75. The van der Waals surface area contributed by atoms with E-state index in [9.17, 15) is 8.42 Å². The Balaban J connectivity index is 1.56. The predicted molar refractivity (Wildman–Crippen MR) is 140 cm³/mol. The molecule has 3 N–H and O–H groups in total. The molecule has 170 valence electrons. The van der Waals surface area contributed by atoms with Crippen molar-refractivity contribution in [1.29, 1.82) is 0 Å². The summed E-state index contributed by atoms with van der Waals surface area (Å²) in [4.78, 5) is 0. The maximum Gasteiger partial charge on any atom is 0.216 e. The van der Waals surface area contributed by atoms with Crippen molar-refractivity contribution < 1.29 is 8.42 Å². The molecule has 0 aromatic heterocycles. The van der Waals surface area contributed by atoms with Crippen molar-refractivity contribution in [2.75, 3.05) is 0 Å². The van der Waals surface area contributed by atoms with Crippen LogP contribution in [-0.4, -0.2) is 8.42 Å². The van der Waals surface area contributed by atoms with E-state index in [0.717, 1.165) is 38.2 Å². The second-order valence-electron chi connectivity index (χ2n) is 8.50. The number of rotatable bonds is 7. The van der Waals surface area contributed by atoms with E-state index in [4.69, 9.17) is 5.73 Å². The molecular formula is C29H26N2O2S. The Hall–Kier alpha value is -3.51. The molecule has 34 heavy (non-hydrogen) atoms. The molecule has 0 fully saturated rings. The Morgan fingerprint density at radius 3 is 1.68 bits per heavy atom. The minimum absolute atomic E-state index is 0.139. The number of sulfonamides is 1. The van der Waals surface area contributed by atoms with Crippen molar-refractivity contribution in [2.24, 2.45) is 5.73 Å². The van der Waals surface area contributed by atoms with Crippen molar-refractivity contribution in [3.63, 3.8) is 0 Å². The van der Waals surface area contributed by atoms with Gasteiger partial charge in [0.25, 0.3) is 0 Å². The highest BCUT2D eigenvalue weighted by molar-refractivity contribution is 7.88. The summed E-state index contributed by atoms with van der Waals surface area (Å²) >= 11 is 0. The van der Waals surface area contributed by atoms with E-state index < -0.39 is 22.1 Å². The highest BCUT2D eigenvalue weighted by Gasteiger charge is 2.27. The van der Waals surface area contributed by atoms with Gasteiger partial charge in [0.1, 0.15) is 0 Å². The summed E-state index contributed by atoms with van der Waals surface area (Å²) < 4.78 is 30.2. The molecule has 4 nitrogen and oxygen atoms in total. The van der Waals surface area contributed by atoms with Gasteiger partial charge in [-0.05, 0) is 44.3 Å². The van der Waals surface area contributed by atoms with Crippen molar-refractivity contribution in [2.45, 2.75) is 17.8 Å². The average molecular weight is 467 g/mol. The van der Waals surface area contributed by atoms with Crippen molar-refractivity contribution >= 4 is 31.6 Å². The zero-order valence-corrected chi connectivity index (χ0v) is 19.5. The number of nitrogens with two attached hydrogens (primary N) is 1. The lowest BCUT2D eigenvalue weighted by atomic mass is 9.95. The maximum absolute atomic E-state index is 13.6. The molecule has 0 spiro atoms. The number of nitrogens with one attached hydrogen (secondary N) is 1. The third-order valence-electron chi connectivity index (χ3n) is 6.23. The molecule has 0 radical (unpaired) electrons. The van der Waals surface area contributed by atoms with E-state index >= 15 is 0 Å². The quantitative estimate of drug-likeness (QED) is 0.295. The molecule has 2 unspecified atom stereocenters. The van der Waals surface area contributed by atoms with Crippen LogP contribution in [0.4, 0.5) is 0 Å². The number of fused-ring (bicyclic) bond motifs is 2. The maximum atomic E-state index is 13.6. The van der Waals surface area contributed by atoms with Gasteiger partial charge in [-0.15, -0.1) is 0 Å². The molecule has 0 amide bonds. The first-order valence-corrected chi connectivity index (χ1v) is 12.9. The zero-order chi connectivity index (χ0) is 23.5. The summed E-state index contributed by atoms with van der Waals surface area (Å²) in [6, 6.07) is 35.9. The Morgan fingerprint density at radius 1 is 0.647 bits per heavy atom. The van der Waals surface area contributed by atoms with Crippen LogP contribution in [0.3, 0.4) is 0 Å². The molecule has 5 aromatic rings. The van der Waals surface area contributed by atoms with E-state index in [1.165, 1.54) is 0 Å². The lowest BCUT2D eigenvalue weighted by Crippen LogP contribution is -2.36. The lowest BCUT2D eigenvalue weighted by Gasteiger charge is -2.26. The van der Waals surface area contributed by atoms with Gasteiger partial charge >= 0.3 is 0 Å². The summed E-state index contributed by atoms with van der Waals surface area (Å²) in [6.45, 7) is 0. The van der Waals surface area contributed by atoms with E-state index in [2.05, 4.69) is 10.8 Å². The molecule has 0 aliphatic carbocycles. The van der Waals surface area contributed by atoms with Gasteiger partial charge in [-0.2, -0.15) is 0 Å². The van der Waals surface area contributed by atoms with Gasteiger partial charge < -0.3 is 5.73 Å². The highest BCUT2D eigenvalue weighted by atomic mass is 32.2. The van der Waals surface area contributed by atoms with E-state index in [1.54, 1.807) is 0 Å². The fraction of sp³-hybridized carbons (Fsp3) is 0.103. The fourth-order valence-electron chi connectivity index (χ4n) is 4.57. The first-order valence-electron chi connectivity index (χ1n) is 11.3. The molecule has 0 aliphatic rings. The van der Waals surface area contributed by atoms with Crippen LogP contribution in [0.15, 0.2) is 115 Å². The smallest absolute Gasteiger partial charge is 0.216 e. The van der Waals surface area contributed by atoms with Gasteiger partial charge in [-0.3, -0.25) is 0 Å². The topological polar surface area (TPSA) is 72.2 Å². The largest absolute Gasteiger partial charge is 0.322 e. The summed E-state index contributed by atoms with van der Waals surface area (Å²) in [5.41, 5.74) is 9.11. The Bertz CT molecular complexity index is 1480. The molecule has 5 aromatic carbocycles. The summed E-state index contributed by atoms with van der Waals surface area (Å²) in [5.74, 6) is -0.139. The molecule has 5 heteroatoms. The van der Waals surface area contributed by atoms with E-state index in [-0.39, 0.29) is 5.75 Å². The summed E-state index contributed by atoms with van der Waals surface area (Å²) in [6.07, 6.45) is 0. The molecule has 0 bridgehead atoms. The molecule has 0 saturated heterocycles. The number of hydrogen-bond acceptors (Lipinski definition) is 3. The van der Waals surface area contributed by atoms with Gasteiger partial charge in [0, 0.05) is 0 Å². The first-order chi connectivity index (χ1) is 16.5. The van der Waals surface area contributed by atoms with Gasteiger partial charge in [0.15, 0.2) is 0 Å². The van der Waals surface area contributed by atoms with Gasteiger partial charge in [0.2, 0.25) is 10.0 Å². The standard InChI is InChI=1S/C29H26N2O2S/c30-28(21-11-3-1-4-12-21)29(22-13-5-2-6-14-22)31-34(32,33)20-27-25-17-9-7-15-23(25)19-24-16-8-10-18-26(24)27/h1-19,28-29,31H,20,30H2. The van der Waals surface area contributed by atoms with Crippen molar-refractivity contribution in [1.82, 2.24) is 4.72 Å². The second-order valence-corrected chi connectivity index (χ2v) is 10.3. The van der Waals surface area contributed by atoms with Crippen LogP contribution < -0.4 is 10.5 Å². The Labute approximate surface area is 200 Å². The Kier molecular flexibility index (Phi) is 6.16. The second kappa shape index (κ2) is 9.39. The molecular weight excluding hydrogens is 440 g/mol. The summed E-state index contributed by atoms with van der Waals surface area (Å²) in [5, 5.41) is 3.92. The number of hydrogen-bond donors (Lipinski definition) is 2. The highest BCUT2D eigenvalue weighted by Crippen LogP contribution is 2.32. The fourth-order valence-corrected chi connectivity index (χ4v) is 6.01. The van der Waals surface area contributed by atoms with E-state index in [0.29, 0.717) is 0 Å². The van der Waals surface area contributed by atoms with Gasteiger partial charge in [-0.1, -0.05) is 109 Å². The minimum Gasteiger partial charge on any atom is -0.322 e. The van der Waals surface area contributed by atoms with Crippen LogP contribution in [0.5, 0.6) is 0 Å². The first kappa shape index (κ1) is 22.3. The van der Waals surface area contributed by atoms with Crippen LogP contribution in [0.1, 0.15) is 28.8 Å². The SMILES string of the molecule is NC(c1ccccc1)C(NS(=O)(=O)Cc1c2ccccc2cc2ccccc12)c1ccccc1. The number of benzene rings is 5. The van der Waals surface area contributed by atoms with Crippen molar-refractivity contribution in [3.05, 3.63) is 132 Å². The third-order valence-corrected chi connectivity index (χ3v) is 7.51. The van der Waals surface area contributed by atoms with E-state index in [1.807, 2.05) is 109 Å². The van der Waals surface area contributed by atoms with Crippen LogP contribution in [-0.2, 0) is 15.8 Å². The monoisotopic (exact) mass is 466 g/mol. The average Bonchev–Trinajstić information content (AvgIpc) is 2.88. The predicted octanol–water partition coefficient (Wildman–Crippen LogP) is 5.85. The zero-order valence-electron chi connectivity index (χ0n) is 18.6. The third kappa shape index (κ3) is 4.59. The minimum atomic E-state index is -3.75. The lowest BCUT2D eigenvalue weighted by molar-refractivity contribution is 0.503. The van der Waals surface area contributed by atoms with Crippen molar-refractivity contribution in [3.8, 4) is 0 Å². The van der Waals surface area contributed by atoms with Crippen LogP contribution >= 0.6 is 0 Å². The molecule has 5 rings (SSSR count). The molecule has 2 atom stereocenters. The Morgan fingerprint density at radius 2 is 1.12 bits per heavy atom. The van der Waals surface area contributed by atoms with Crippen LogP contribution in [0, 0.1) is 0 Å². The van der Waals surface area contributed by atoms with Gasteiger partial charge in [-0.25, -0.2) is 13.1 Å². The van der Waals surface area contributed by atoms with Crippen LogP contribution in [0.25, 0.3) is 21.5 Å². The van der Waals surface area contributed by atoms with Gasteiger partial charge in [0.05, 0.1) is 17.8 Å².